The molecule has 2 heterocycles. The number of hydrogen-bond acceptors (Lipinski definition) is 6. The van der Waals surface area contributed by atoms with E-state index in [1.807, 2.05) is 0 Å². The summed E-state index contributed by atoms with van der Waals surface area (Å²) in [6, 6.07) is -0.369. The Hall–Kier alpha value is -1.22. The standard InChI is InChI=1S/C12H20N4O3S2/c1-8(2)5-10-15-16-12(20-10)14-11(17)13-6-9-3-4-21(18,19)7-9/h8-9H,3-7H2,1-2H3,(H2,13,14,16,17)/t9-/m1/s1. The molecule has 1 aliphatic rings. The van der Waals surface area contributed by atoms with E-state index >= 15 is 0 Å². The Labute approximate surface area is 128 Å². The van der Waals surface area contributed by atoms with Crippen molar-refractivity contribution < 1.29 is 13.2 Å². The summed E-state index contributed by atoms with van der Waals surface area (Å²) in [7, 11) is -2.90. The fourth-order valence-electron chi connectivity index (χ4n) is 2.15. The number of rotatable bonds is 5. The second-order valence-electron chi connectivity index (χ2n) is 5.70. The highest BCUT2D eigenvalue weighted by atomic mass is 32.2. The molecule has 0 saturated carbocycles. The summed E-state index contributed by atoms with van der Waals surface area (Å²) in [6.07, 6.45) is 1.45. The highest BCUT2D eigenvalue weighted by molar-refractivity contribution is 7.91. The predicted molar refractivity (Wildman–Crippen MR) is 82.2 cm³/mol. The van der Waals surface area contributed by atoms with Gasteiger partial charge in [-0.15, -0.1) is 10.2 Å². The number of amides is 2. The molecule has 1 aliphatic heterocycles. The van der Waals surface area contributed by atoms with E-state index in [-0.39, 0.29) is 23.5 Å². The van der Waals surface area contributed by atoms with Crippen LogP contribution in [0.15, 0.2) is 0 Å². The van der Waals surface area contributed by atoms with Gasteiger partial charge in [-0.2, -0.15) is 0 Å². The molecule has 1 atom stereocenters. The van der Waals surface area contributed by atoms with Gasteiger partial charge in [-0.3, -0.25) is 5.32 Å². The summed E-state index contributed by atoms with van der Waals surface area (Å²) < 4.78 is 22.6. The van der Waals surface area contributed by atoms with Crippen LogP contribution in [0.3, 0.4) is 0 Å². The van der Waals surface area contributed by atoms with Crippen LogP contribution in [-0.4, -0.2) is 42.7 Å². The summed E-state index contributed by atoms with van der Waals surface area (Å²) in [5.74, 6) is 0.871. The van der Waals surface area contributed by atoms with Crippen molar-refractivity contribution in [1.29, 1.82) is 0 Å². The lowest BCUT2D eigenvalue weighted by Crippen LogP contribution is -2.33. The smallest absolute Gasteiger partial charge is 0.321 e. The van der Waals surface area contributed by atoms with Gasteiger partial charge in [-0.25, -0.2) is 13.2 Å². The largest absolute Gasteiger partial charge is 0.337 e. The van der Waals surface area contributed by atoms with Crippen molar-refractivity contribution in [3.8, 4) is 0 Å². The van der Waals surface area contributed by atoms with Crippen molar-refractivity contribution in [3.05, 3.63) is 5.01 Å². The quantitative estimate of drug-likeness (QED) is 0.846. The molecule has 9 heteroatoms. The van der Waals surface area contributed by atoms with E-state index < -0.39 is 9.84 Å². The molecule has 0 spiro atoms. The van der Waals surface area contributed by atoms with Gasteiger partial charge in [-0.1, -0.05) is 25.2 Å². The second-order valence-corrected chi connectivity index (χ2v) is 8.99. The molecule has 1 aromatic rings. The van der Waals surface area contributed by atoms with Crippen LogP contribution in [0, 0.1) is 11.8 Å². The molecule has 7 nitrogen and oxygen atoms in total. The molecule has 0 aliphatic carbocycles. The lowest BCUT2D eigenvalue weighted by molar-refractivity contribution is 0.250. The summed E-state index contributed by atoms with van der Waals surface area (Å²) in [5, 5.41) is 14.6. The molecule has 0 aromatic carbocycles. The highest BCUT2D eigenvalue weighted by Crippen LogP contribution is 2.19. The summed E-state index contributed by atoms with van der Waals surface area (Å²) in [4.78, 5) is 11.7. The van der Waals surface area contributed by atoms with Crippen molar-refractivity contribution in [2.24, 2.45) is 11.8 Å². The molecule has 0 radical (unpaired) electrons. The number of sulfone groups is 1. The lowest BCUT2D eigenvalue weighted by Gasteiger charge is -2.09. The van der Waals surface area contributed by atoms with E-state index in [1.54, 1.807) is 0 Å². The Bertz CT molecular complexity index is 597. The minimum Gasteiger partial charge on any atom is -0.337 e. The molecule has 1 saturated heterocycles. The first-order valence-electron chi connectivity index (χ1n) is 6.92. The van der Waals surface area contributed by atoms with Crippen LogP contribution in [0.4, 0.5) is 9.93 Å². The number of hydrogen-bond donors (Lipinski definition) is 2. The van der Waals surface area contributed by atoms with Crippen molar-refractivity contribution in [1.82, 2.24) is 15.5 Å². The van der Waals surface area contributed by atoms with Crippen LogP contribution in [-0.2, 0) is 16.3 Å². The van der Waals surface area contributed by atoms with Crippen LogP contribution in [0.25, 0.3) is 0 Å². The minimum absolute atomic E-state index is 0.00618. The van der Waals surface area contributed by atoms with Crippen LogP contribution in [0.2, 0.25) is 0 Å². The normalized spacial score (nSPS) is 20.6. The fourth-order valence-corrected chi connectivity index (χ4v) is 4.96. The number of carbonyl (C=O) groups is 1. The van der Waals surface area contributed by atoms with Crippen LogP contribution < -0.4 is 10.6 Å². The molecule has 2 rings (SSSR count). The maximum absolute atomic E-state index is 11.7. The van der Waals surface area contributed by atoms with Crippen LogP contribution in [0.5, 0.6) is 0 Å². The number of anilines is 1. The first-order valence-corrected chi connectivity index (χ1v) is 9.55. The molecule has 21 heavy (non-hydrogen) atoms. The molecule has 0 unspecified atom stereocenters. The minimum atomic E-state index is -2.90. The first kappa shape index (κ1) is 16.2. The molecular weight excluding hydrogens is 312 g/mol. The molecule has 2 N–H and O–H groups in total. The lowest BCUT2D eigenvalue weighted by atomic mass is 10.1. The second kappa shape index (κ2) is 6.69. The van der Waals surface area contributed by atoms with E-state index in [0.717, 1.165) is 11.4 Å². The highest BCUT2D eigenvalue weighted by Gasteiger charge is 2.27. The molecule has 0 bridgehead atoms. The maximum Gasteiger partial charge on any atom is 0.321 e. The van der Waals surface area contributed by atoms with E-state index in [1.165, 1.54) is 11.3 Å². The third kappa shape index (κ3) is 5.24. The van der Waals surface area contributed by atoms with E-state index in [4.69, 9.17) is 0 Å². The number of urea groups is 1. The predicted octanol–water partition coefficient (Wildman–Crippen LogP) is 1.29. The van der Waals surface area contributed by atoms with Gasteiger partial charge in [0.05, 0.1) is 11.5 Å². The van der Waals surface area contributed by atoms with Gasteiger partial charge in [0.2, 0.25) is 5.13 Å². The van der Waals surface area contributed by atoms with Crippen LogP contribution in [0.1, 0.15) is 25.3 Å². The number of aromatic nitrogens is 2. The Kier molecular flexibility index (Phi) is 5.15. The average Bonchev–Trinajstić information content (AvgIpc) is 2.93. The third-order valence-electron chi connectivity index (χ3n) is 3.15. The number of nitrogens with zero attached hydrogens (tertiary/aromatic N) is 2. The first-order chi connectivity index (χ1) is 9.84. The topological polar surface area (TPSA) is 101 Å². The number of nitrogens with one attached hydrogen (secondary N) is 2. The summed E-state index contributed by atoms with van der Waals surface area (Å²) in [5.41, 5.74) is 0. The van der Waals surface area contributed by atoms with Crippen LogP contribution >= 0.6 is 11.3 Å². The Morgan fingerprint density at radius 3 is 2.81 bits per heavy atom. The van der Waals surface area contributed by atoms with E-state index in [2.05, 4.69) is 34.7 Å². The van der Waals surface area contributed by atoms with Gasteiger partial charge < -0.3 is 5.32 Å². The Morgan fingerprint density at radius 2 is 2.19 bits per heavy atom. The summed E-state index contributed by atoms with van der Waals surface area (Å²) >= 11 is 1.36. The summed E-state index contributed by atoms with van der Waals surface area (Å²) in [6.45, 7) is 4.55. The fraction of sp³-hybridized carbons (Fsp3) is 0.750. The maximum atomic E-state index is 11.7. The van der Waals surface area contributed by atoms with Crippen molar-refractivity contribution >= 4 is 32.3 Å². The molecule has 2 amide bonds. The monoisotopic (exact) mass is 332 g/mol. The molecule has 1 aromatic heterocycles. The Morgan fingerprint density at radius 1 is 1.43 bits per heavy atom. The molecule has 118 valence electrons. The van der Waals surface area contributed by atoms with Crippen molar-refractivity contribution in [3.63, 3.8) is 0 Å². The zero-order valence-electron chi connectivity index (χ0n) is 12.1. The van der Waals surface area contributed by atoms with Gasteiger partial charge in [0, 0.05) is 13.0 Å². The molecule has 1 fully saturated rings. The van der Waals surface area contributed by atoms with Gasteiger partial charge in [0.25, 0.3) is 0 Å². The van der Waals surface area contributed by atoms with Gasteiger partial charge in [-0.05, 0) is 18.3 Å². The van der Waals surface area contributed by atoms with Gasteiger partial charge >= 0.3 is 6.03 Å². The van der Waals surface area contributed by atoms with Crippen molar-refractivity contribution in [2.45, 2.75) is 26.7 Å². The SMILES string of the molecule is CC(C)Cc1nnc(NC(=O)NC[C@H]2CCS(=O)(=O)C2)s1. The Balaban J connectivity index is 1.76. The van der Waals surface area contributed by atoms with Gasteiger partial charge in [0.15, 0.2) is 9.84 Å². The van der Waals surface area contributed by atoms with Gasteiger partial charge in [0.1, 0.15) is 5.01 Å². The zero-order valence-corrected chi connectivity index (χ0v) is 13.8. The third-order valence-corrected chi connectivity index (χ3v) is 5.85. The number of carbonyl (C=O) groups excluding carboxylic acids is 1. The van der Waals surface area contributed by atoms with Crippen molar-refractivity contribution in [2.75, 3.05) is 23.4 Å². The molecular formula is C12H20N4O3S2. The van der Waals surface area contributed by atoms with E-state index in [9.17, 15) is 13.2 Å². The van der Waals surface area contributed by atoms with E-state index in [0.29, 0.717) is 24.0 Å². The zero-order chi connectivity index (χ0) is 15.5. The average molecular weight is 332 g/mol.